The highest BCUT2D eigenvalue weighted by atomic mass is 15.2. The Kier molecular flexibility index (Phi) is 3.53. The molecule has 2 N–H and O–H groups in total. The van der Waals surface area contributed by atoms with Crippen molar-refractivity contribution < 1.29 is 0 Å². The van der Waals surface area contributed by atoms with Gasteiger partial charge in [0.05, 0.1) is 0 Å². The van der Waals surface area contributed by atoms with Crippen molar-refractivity contribution in [3.8, 4) is 0 Å². The van der Waals surface area contributed by atoms with Crippen LogP contribution in [0.4, 0.5) is 0 Å². The van der Waals surface area contributed by atoms with Crippen LogP contribution in [0.3, 0.4) is 0 Å². The molecule has 1 aliphatic rings. The molecule has 1 aliphatic heterocycles. The van der Waals surface area contributed by atoms with Gasteiger partial charge >= 0.3 is 0 Å². The van der Waals surface area contributed by atoms with E-state index in [2.05, 4.69) is 25.7 Å². The first-order chi connectivity index (χ1) is 5.66. The lowest BCUT2D eigenvalue weighted by atomic mass is 10.1. The van der Waals surface area contributed by atoms with Gasteiger partial charge in [-0.15, -0.1) is 0 Å². The van der Waals surface area contributed by atoms with Crippen LogP contribution in [0, 0.1) is 0 Å². The van der Waals surface area contributed by atoms with E-state index in [0.717, 1.165) is 6.04 Å². The molecule has 0 aromatic carbocycles. The molecule has 0 bridgehead atoms. The van der Waals surface area contributed by atoms with E-state index in [1.165, 1.54) is 25.8 Å². The van der Waals surface area contributed by atoms with E-state index in [-0.39, 0.29) is 0 Å². The summed E-state index contributed by atoms with van der Waals surface area (Å²) in [5.74, 6) is 0. The molecule has 72 valence electrons. The van der Waals surface area contributed by atoms with Crippen LogP contribution in [0.25, 0.3) is 0 Å². The van der Waals surface area contributed by atoms with Crippen LogP contribution in [0.15, 0.2) is 0 Å². The van der Waals surface area contributed by atoms with Crippen LogP contribution in [0.5, 0.6) is 0 Å². The summed E-state index contributed by atoms with van der Waals surface area (Å²) >= 11 is 0. The van der Waals surface area contributed by atoms with Crippen molar-refractivity contribution >= 4 is 0 Å². The third-order valence-corrected chi connectivity index (χ3v) is 3.14. The standard InChI is InChI=1S/C10H22N2/c1-4-5-8(2)12-7-6-10(11)9(12)3/h8-10H,4-7,11H2,1-3H3. The smallest absolute Gasteiger partial charge is 0.0222 e. The Morgan fingerprint density at radius 3 is 2.67 bits per heavy atom. The first kappa shape index (κ1) is 10.0. The van der Waals surface area contributed by atoms with Crippen LogP contribution in [-0.2, 0) is 0 Å². The second kappa shape index (κ2) is 4.24. The highest BCUT2D eigenvalue weighted by Crippen LogP contribution is 2.20. The van der Waals surface area contributed by atoms with Crippen LogP contribution < -0.4 is 5.73 Å². The molecule has 0 radical (unpaired) electrons. The normalized spacial score (nSPS) is 34.0. The molecular weight excluding hydrogens is 148 g/mol. The average molecular weight is 170 g/mol. The Morgan fingerprint density at radius 2 is 2.25 bits per heavy atom. The molecule has 0 aromatic heterocycles. The van der Waals surface area contributed by atoms with E-state index in [9.17, 15) is 0 Å². The van der Waals surface area contributed by atoms with Crippen molar-refractivity contribution in [2.24, 2.45) is 5.73 Å². The summed E-state index contributed by atoms with van der Waals surface area (Å²) in [7, 11) is 0. The van der Waals surface area contributed by atoms with Crippen molar-refractivity contribution in [1.29, 1.82) is 0 Å². The predicted molar refractivity (Wildman–Crippen MR) is 53.1 cm³/mol. The van der Waals surface area contributed by atoms with Gasteiger partial charge in [0.1, 0.15) is 0 Å². The lowest BCUT2D eigenvalue weighted by Crippen LogP contribution is -2.41. The van der Waals surface area contributed by atoms with Crippen LogP contribution in [0.2, 0.25) is 0 Å². The monoisotopic (exact) mass is 170 g/mol. The summed E-state index contributed by atoms with van der Waals surface area (Å²) in [6.07, 6.45) is 3.76. The van der Waals surface area contributed by atoms with Crippen molar-refractivity contribution in [3.05, 3.63) is 0 Å². The van der Waals surface area contributed by atoms with Gasteiger partial charge < -0.3 is 5.73 Å². The van der Waals surface area contributed by atoms with Gasteiger partial charge in [-0.2, -0.15) is 0 Å². The van der Waals surface area contributed by atoms with Gasteiger partial charge in [-0.05, 0) is 26.7 Å². The zero-order valence-electron chi connectivity index (χ0n) is 8.59. The summed E-state index contributed by atoms with van der Waals surface area (Å²) in [6.45, 7) is 8.02. The van der Waals surface area contributed by atoms with Crippen molar-refractivity contribution in [1.82, 2.24) is 4.90 Å². The molecule has 1 heterocycles. The molecule has 1 fully saturated rings. The van der Waals surface area contributed by atoms with Crippen LogP contribution >= 0.6 is 0 Å². The number of hydrogen-bond donors (Lipinski definition) is 1. The number of hydrogen-bond acceptors (Lipinski definition) is 2. The Hall–Kier alpha value is -0.0800. The summed E-state index contributed by atoms with van der Waals surface area (Å²) < 4.78 is 0. The summed E-state index contributed by atoms with van der Waals surface area (Å²) in [5.41, 5.74) is 5.96. The lowest BCUT2D eigenvalue weighted by Gasteiger charge is -2.29. The lowest BCUT2D eigenvalue weighted by molar-refractivity contribution is 0.187. The first-order valence-corrected chi connectivity index (χ1v) is 5.18. The van der Waals surface area contributed by atoms with Gasteiger partial charge in [-0.3, -0.25) is 4.90 Å². The first-order valence-electron chi connectivity index (χ1n) is 5.18. The molecule has 0 spiro atoms. The molecule has 2 heteroatoms. The second-order valence-corrected chi connectivity index (χ2v) is 4.07. The fraction of sp³-hybridized carbons (Fsp3) is 1.00. The molecule has 1 rings (SSSR count). The average Bonchev–Trinajstić information content (AvgIpc) is 2.34. The molecule has 12 heavy (non-hydrogen) atoms. The topological polar surface area (TPSA) is 29.3 Å². The molecule has 0 aliphatic carbocycles. The van der Waals surface area contributed by atoms with Gasteiger partial charge in [-0.1, -0.05) is 13.3 Å². The zero-order valence-corrected chi connectivity index (χ0v) is 8.59. The molecular formula is C10H22N2. The summed E-state index contributed by atoms with van der Waals surface area (Å²) in [6, 6.07) is 1.72. The Balaban J connectivity index is 2.41. The largest absolute Gasteiger partial charge is 0.326 e. The van der Waals surface area contributed by atoms with Gasteiger partial charge in [0.25, 0.3) is 0 Å². The number of nitrogens with zero attached hydrogens (tertiary/aromatic N) is 1. The summed E-state index contributed by atoms with van der Waals surface area (Å²) in [5, 5.41) is 0. The number of rotatable bonds is 3. The third kappa shape index (κ3) is 1.99. The SMILES string of the molecule is CCCC(C)N1CCC(N)C1C. The second-order valence-electron chi connectivity index (χ2n) is 4.07. The third-order valence-electron chi connectivity index (χ3n) is 3.14. The van der Waals surface area contributed by atoms with Crippen molar-refractivity contribution in [2.75, 3.05) is 6.54 Å². The van der Waals surface area contributed by atoms with E-state index in [0.29, 0.717) is 12.1 Å². The van der Waals surface area contributed by atoms with Crippen LogP contribution in [-0.4, -0.2) is 29.6 Å². The van der Waals surface area contributed by atoms with E-state index >= 15 is 0 Å². The van der Waals surface area contributed by atoms with Crippen molar-refractivity contribution in [2.45, 2.75) is 58.2 Å². The Bertz CT molecular complexity index is 136. The van der Waals surface area contributed by atoms with E-state index in [4.69, 9.17) is 5.73 Å². The minimum atomic E-state index is 0.407. The van der Waals surface area contributed by atoms with Gasteiger partial charge in [0.2, 0.25) is 0 Å². The van der Waals surface area contributed by atoms with Crippen molar-refractivity contribution in [3.63, 3.8) is 0 Å². The number of likely N-dealkylation sites (tertiary alicyclic amines) is 1. The van der Waals surface area contributed by atoms with Gasteiger partial charge in [-0.25, -0.2) is 0 Å². The molecule has 1 saturated heterocycles. The highest BCUT2D eigenvalue weighted by molar-refractivity contribution is 4.88. The van der Waals surface area contributed by atoms with Crippen LogP contribution in [0.1, 0.15) is 40.0 Å². The van der Waals surface area contributed by atoms with E-state index < -0.39 is 0 Å². The molecule has 3 atom stereocenters. The fourth-order valence-electron chi connectivity index (χ4n) is 2.19. The quantitative estimate of drug-likeness (QED) is 0.697. The molecule has 0 aromatic rings. The molecule has 3 unspecified atom stereocenters. The fourth-order valence-corrected chi connectivity index (χ4v) is 2.19. The molecule has 0 saturated carbocycles. The maximum atomic E-state index is 5.96. The molecule has 0 amide bonds. The van der Waals surface area contributed by atoms with Gasteiger partial charge in [0.15, 0.2) is 0 Å². The highest BCUT2D eigenvalue weighted by Gasteiger charge is 2.30. The Labute approximate surface area is 76.1 Å². The molecule has 2 nitrogen and oxygen atoms in total. The number of nitrogens with two attached hydrogens (primary N) is 1. The van der Waals surface area contributed by atoms with Gasteiger partial charge in [0, 0.05) is 24.7 Å². The maximum absolute atomic E-state index is 5.96. The predicted octanol–water partition coefficient (Wildman–Crippen LogP) is 1.60. The maximum Gasteiger partial charge on any atom is 0.0222 e. The summed E-state index contributed by atoms with van der Waals surface area (Å²) in [4.78, 5) is 2.55. The Morgan fingerprint density at radius 1 is 1.58 bits per heavy atom. The van der Waals surface area contributed by atoms with E-state index in [1.54, 1.807) is 0 Å². The minimum Gasteiger partial charge on any atom is -0.326 e. The van der Waals surface area contributed by atoms with E-state index in [1.807, 2.05) is 0 Å². The minimum absolute atomic E-state index is 0.407. The zero-order chi connectivity index (χ0) is 9.14.